The van der Waals surface area contributed by atoms with Crippen LogP contribution < -0.4 is 5.32 Å². The van der Waals surface area contributed by atoms with E-state index in [4.69, 9.17) is 4.98 Å². The average Bonchev–Trinajstić information content (AvgIpc) is 2.93. The van der Waals surface area contributed by atoms with Crippen molar-refractivity contribution in [2.24, 2.45) is 4.99 Å². The molecule has 0 radical (unpaired) electrons. The van der Waals surface area contributed by atoms with Crippen LogP contribution in [0.3, 0.4) is 0 Å². The van der Waals surface area contributed by atoms with Crippen molar-refractivity contribution < 1.29 is 0 Å². The number of imidazole rings is 1. The van der Waals surface area contributed by atoms with Gasteiger partial charge >= 0.3 is 0 Å². The summed E-state index contributed by atoms with van der Waals surface area (Å²) in [6.07, 6.45) is 6.90. The Morgan fingerprint density at radius 2 is 2.26 bits per heavy atom. The maximum Gasteiger partial charge on any atom is 0.193 e. The van der Waals surface area contributed by atoms with E-state index in [1.54, 1.807) is 0 Å². The number of guanidine groups is 1. The molecule has 0 atom stereocenters. The number of aliphatic imine (C=N–C) groups is 1. The topological polar surface area (TPSA) is 45.5 Å². The van der Waals surface area contributed by atoms with E-state index in [1.165, 1.54) is 30.1 Å². The van der Waals surface area contributed by atoms with E-state index in [1.807, 2.05) is 7.05 Å². The fourth-order valence-corrected chi connectivity index (χ4v) is 4.54. The van der Waals surface area contributed by atoms with E-state index in [2.05, 4.69) is 51.6 Å². The molecule has 2 aliphatic heterocycles. The van der Waals surface area contributed by atoms with Gasteiger partial charge in [-0.1, -0.05) is 0 Å². The van der Waals surface area contributed by atoms with Crippen molar-refractivity contribution in [2.45, 2.75) is 50.8 Å². The molecule has 0 bridgehead atoms. The highest BCUT2D eigenvalue weighted by molar-refractivity contribution is 8.00. The zero-order valence-electron chi connectivity index (χ0n) is 14.6. The van der Waals surface area contributed by atoms with Gasteiger partial charge in [-0.05, 0) is 26.7 Å². The highest BCUT2D eigenvalue weighted by Gasteiger charge is 2.28. The molecule has 1 aromatic rings. The second kappa shape index (κ2) is 7.16. The van der Waals surface area contributed by atoms with Crippen molar-refractivity contribution in [1.82, 2.24) is 19.8 Å². The van der Waals surface area contributed by atoms with Crippen molar-refractivity contribution in [1.29, 1.82) is 0 Å². The Labute approximate surface area is 143 Å². The monoisotopic (exact) mass is 335 g/mol. The Morgan fingerprint density at radius 3 is 3.00 bits per heavy atom. The van der Waals surface area contributed by atoms with Crippen molar-refractivity contribution in [3.05, 3.63) is 17.7 Å². The molecule has 0 spiro atoms. The first-order valence-corrected chi connectivity index (χ1v) is 9.70. The molecule has 128 valence electrons. The number of nitrogens with zero attached hydrogens (tertiary/aromatic N) is 4. The van der Waals surface area contributed by atoms with E-state index < -0.39 is 0 Å². The Kier molecular flexibility index (Phi) is 5.19. The number of fused-ring (bicyclic) bond motifs is 1. The van der Waals surface area contributed by atoms with Crippen LogP contribution in [-0.2, 0) is 19.4 Å². The smallest absolute Gasteiger partial charge is 0.193 e. The number of nitrogens with one attached hydrogen (secondary N) is 1. The van der Waals surface area contributed by atoms with Gasteiger partial charge < -0.3 is 14.8 Å². The Balaban J connectivity index is 1.51. The maximum atomic E-state index is 4.78. The molecule has 3 rings (SSSR count). The summed E-state index contributed by atoms with van der Waals surface area (Å²) < 4.78 is 2.64. The van der Waals surface area contributed by atoms with Crippen LogP contribution in [0.25, 0.3) is 0 Å². The van der Waals surface area contributed by atoms with Gasteiger partial charge in [0.05, 0.1) is 5.69 Å². The summed E-state index contributed by atoms with van der Waals surface area (Å²) in [7, 11) is 1.88. The third-order valence-corrected chi connectivity index (χ3v) is 5.86. The summed E-state index contributed by atoms with van der Waals surface area (Å²) in [5.41, 5.74) is 1.21. The third-order valence-electron chi connectivity index (χ3n) is 4.56. The van der Waals surface area contributed by atoms with E-state index in [0.29, 0.717) is 4.75 Å². The lowest BCUT2D eigenvalue weighted by molar-refractivity contribution is 0.376. The SMILES string of the molecule is CN=C(NCCc1cn2c(n1)CCCC2)N1CCSC(C)(C)C1. The number of thioether (sulfide) groups is 1. The lowest BCUT2D eigenvalue weighted by Crippen LogP contribution is -2.51. The van der Waals surface area contributed by atoms with Gasteiger partial charge in [0.25, 0.3) is 0 Å². The summed E-state index contributed by atoms with van der Waals surface area (Å²) in [5.74, 6) is 3.47. The third kappa shape index (κ3) is 4.22. The minimum absolute atomic E-state index is 0.304. The molecule has 6 heteroatoms. The first-order chi connectivity index (χ1) is 11.1. The Morgan fingerprint density at radius 1 is 1.39 bits per heavy atom. The maximum absolute atomic E-state index is 4.78. The van der Waals surface area contributed by atoms with Crippen LogP contribution in [0, 0.1) is 0 Å². The highest BCUT2D eigenvalue weighted by atomic mass is 32.2. The molecule has 0 aliphatic carbocycles. The molecular formula is C17H29N5S. The summed E-state index contributed by atoms with van der Waals surface area (Å²) >= 11 is 2.05. The van der Waals surface area contributed by atoms with Crippen molar-refractivity contribution in [3.63, 3.8) is 0 Å². The first-order valence-electron chi connectivity index (χ1n) is 8.72. The van der Waals surface area contributed by atoms with Gasteiger partial charge in [-0.3, -0.25) is 4.99 Å². The zero-order chi connectivity index (χ0) is 16.3. The molecule has 0 unspecified atom stereocenters. The van der Waals surface area contributed by atoms with Crippen LogP contribution in [0.5, 0.6) is 0 Å². The van der Waals surface area contributed by atoms with Crippen molar-refractivity contribution in [3.8, 4) is 0 Å². The minimum atomic E-state index is 0.304. The fraction of sp³-hybridized carbons (Fsp3) is 0.765. The van der Waals surface area contributed by atoms with Crippen LogP contribution >= 0.6 is 11.8 Å². The average molecular weight is 336 g/mol. The van der Waals surface area contributed by atoms with Gasteiger partial charge in [0, 0.05) is 62.8 Å². The lowest BCUT2D eigenvalue weighted by Gasteiger charge is -2.39. The van der Waals surface area contributed by atoms with E-state index in [9.17, 15) is 0 Å². The molecule has 1 fully saturated rings. The fourth-order valence-electron chi connectivity index (χ4n) is 3.42. The molecule has 0 amide bonds. The molecule has 1 N–H and O–H groups in total. The quantitative estimate of drug-likeness (QED) is 0.679. The molecular weight excluding hydrogens is 306 g/mol. The largest absolute Gasteiger partial charge is 0.356 e. The normalized spacial score (nSPS) is 21.2. The molecule has 0 saturated carbocycles. The first kappa shape index (κ1) is 16.7. The van der Waals surface area contributed by atoms with E-state index in [-0.39, 0.29) is 0 Å². The van der Waals surface area contributed by atoms with Gasteiger partial charge in [-0.25, -0.2) is 4.98 Å². The van der Waals surface area contributed by atoms with Crippen LogP contribution in [0.2, 0.25) is 0 Å². The molecule has 5 nitrogen and oxygen atoms in total. The van der Waals surface area contributed by atoms with Crippen LogP contribution in [-0.4, -0.2) is 57.6 Å². The van der Waals surface area contributed by atoms with Gasteiger partial charge in [0.1, 0.15) is 5.82 Å². The van der Waals surface area contributed by atoms with Crippen LogP contribution in [0.1, 0.15) is 38.2 Å². The Bertz CT molecular complexity index is 540. The number of hydrogen-bond donors (Lipinski definition) is 1. The van der Waals surface area contributed by atoms with Crippen molar-refractivity contribution in [2.75, 3.05) is 32.4 Å². The van der Waals surface area contributed by atoms with Crippen molar-refractivity contribution >= 4 is 17.7 Å². The molecule has 1 aromatic heterocycles. The number of aryl methyl sites for hydroxylation is 2. The molecule has 23 heavy (non-hydrogen) atoms. The number of rotatable bonds is 3. The second-order valence-electron chi connectivity index (χ2n) is 7.05. The number of hydrogen-bond acceptors (Lipinski definition) is 3. The van der Waals surface area contributed by atoms with Crippen LogP contribution in [0.4, 0.5) is 0 Å². The molecule has 3 heterocycles. The predicted molar refractivity (Wildman–Crippen MR) is 98.3 cm³/mol. The summed E-state index contributed by atoms with van der Waals surface area (Å²) in [6, 6.07) is 0. The minimum Gasteiger partial charge on any atom is -0.356 e. The second-order valence-corrected chi connectivity index (χ2v) is 8.85. The summed E-state index contributed by atoms with van der Waals surface area (Å²) in [5, 5.41) is 3.52. The van der Waals surface area contributed by atoms with E-state index in [0.717, 1.165) is 45.0 Å². The number of aromatic nitrogens is 2. The van der Waals surface area contributed by atoms with Crippen LogP contribution in [0.15, 0.2) is 11.2 Å². The Hall–Kier alpha value is -1.17. The highest BCUT2D eigenvalue weighted by Crippen LogP contribution is 2.29. The van der Waals surface area contributed by atoms with Gasteiger partial charge in [-0.2, -0.15) is 11.8 Å². The predicted octanol–water partition coefficient (Wildman–Crippen LogP) is 2.16. The summed E-state index contributed by atoms with van der Waals surface area (Å²) in [6.45, 7) is 8.79. The zero-order valence-corrected chi connectivity index (χ0v) is 15.5. The van der Waals surface area contributed by atoms with Gasteiger partial charge in [0.2, 0.25) is 0 Å². The molecule has 2 aliphatic rings. The van der Waals surface area contributed by atoms with E-state index >= 15 is 0 Å². The van der Waals surface area contributed by atoms with Gasteiger partial charge in [0.15, 0.2) is 5.96 Å². The molecule has 1 saturated heterocycles. The standard InChI is InChI=1S/C17H29N5S/c1-17(2)13-22(10-11-23-17)16(18-3)19-8-7-14-12-21-9-5-4-6-15(21)20-14/h12H,4-11,13H2,1-3H3,(H,18,19). The molecule has 0 aromatic carbocycles. The lowest BCUT2D eigenvalue weighted by atomic mass is 10.2. The van der Waals surface area contributed by atoms with Gasteiger partial charge in [-0.15, -0.1) is 0 Å². The summed E-state index contributed by atoms with van der Waals surface area (Å²) in [4.78, 5) is 11.6.